The van der Waals surface area contributed by atoms with E-state index in [4.69, 9.17) is 4.52 Å². The van der Waals surface area contributed by atoms with Gasteiger partial charge in [0.05, 0.1) is 6.54 Å². The predicted molar refractivity (Wildman–Crippen MR) is 106 cm³/mol. The van der Waals surface area contributed by atoms with E-state index in [1.165, 1.54) is 17.7 Å². The Morgan fingerprint density at radius 3 is 2.93 bits per heavy atom. The minimum atomic E-state index is -0.300. The van der Waals surface area contributed by atoms with Crippen LogP contribution in [0.4, 0.5) is 0 Å². The van der Waals surface area contributed by atoms with E-state index < -0.39 is 0 Å². The largest absolute Gasteiger partial charge is 0.339 e. The molecule has 1 N–H and O–H groups in total. The summed E-state index contributed by atoms with van der Waals surface area (Å²) in [6.07, 6.45) is 5.67. The van der Waals surface area contributed by atoms with Crippen LogP contribution in [0.2, 0.25) is 0 Å². The van der Waals surface area contributed by atoms with Crippen LogP contribution in [0.15, 0.2) is 21.5 Å². The number of carbonyl (C=O) groups is 1. The van der Waals surface area contributed by atoms with E-state index >= 15 is 0 Å². The molecule has 1 saturated heterocycles. The van der Waals surface area contributed by atoms with Crippen LogP contribution in [0.5, 0.6) is 0 Å². The topological polar surface area (TPSA) is 93.3 Å². The van der Waals surface area contributed by atoms with Crippen LogP contribution >= 0.6 is 0 Å². The summed E-state index contributed by atoms with van der Waals surface area (Å²) in [5.41, 5.74) is 1.07. The van der Waals surface area contributed by atoms with Crippen LogP contribution in [-0.4, -0.2) is 45.7 Å². The van der Waals surface area contributed by atoms with Crippen molar-refractivity contribution < 1.29 is 9.32 Å². The van der Waals surface area contributed by atoms with Crippen LogP contribution in [0.1, 0.15) is 71.7 Å². The van der Waals surface area contributed by atoms with Gasteiger partial charge in [-0.25, -0.2) is 0 Å². The van der Waals surface area contributed by atoms with Gasteiger partial charge >= 0.3 is 0 Å². The Hall–Kier alpha value is -2.48. The number of fused-ring (bicyclic) bond motifs is 4. The summed E-state index contributed by atoms with van der Waals surface area (Å²) in [4.78, 5) is 32.0. The zero-order valence-corrected chi connectivity index (χ0v) is 16.8. The van der Waals surface area contributed by atoms with Crippen molar-refractivity contribution in [3.05, 3.63) is 45.5 Å². The monoisotopic (exact) mass is 397 g/mol. The Kier molecular flexibility index (Phi) is 4.73. The van der Waals surface area contributed by atoms with Crippen molar-refractivity contribution >= 4 is 5.91 Å². The molecule has 29 heavy (non-hydrogen) atoms. The molecule has 0 unspecified atom stereocenters. The molecule has 1 aliphatic carbocycles. The van der Waals surface area contributed by atoms with E-state index in [2.05, 4.69) is 15.5 Å². The standard InChI is InChI=1S/C21H27N5O3/c1-25(12-18-23-19(29-24-18)14-4-2-3-5-14)20(27)16-6-7-17-15-8-13(9-22-10-15)11-26(17)21(16)28/h6-7,13-15,22H,2-5,8-12H2,1H3/t13-,15+/m0/s1. The van der Waals surface area contributed by atoms with Crippen molar-refractivity contribution in [3.8, 4) is 0 Å². The first-order valence-corrected chi connectivity index (χ1v) is 10.6. The summed E-state index contributed by atoms with van der Waals surface area (Å²) in [7, 11) is 1.68. The normalized spacial score (nSPS) is 23.8. The third kappa shape index (κ3) is 3.39. The fourth-order valence-electron chi connectivity index (χ4n) is 5.11. The van der Waals surface area contributed by atoms with Crippen LogP contribution in [0.25, 0.3) is 0 Å². The average molecular weight is 397 g/mol. The highest BCUT2D eigenvalue weighted by Crippen LogP contribution is 2.33. The van der Waals surface area contributed by atoms with Gasteiger partial charge in [0.2, 0.25) is 5.89 Å². The summed E-state index contributed by atoms with van der Waals surface area (Å²) < 4.78 is 7.22. The summed E-state index contributed by atoms with van der Waals surface area (Å²) >= 11 is 0. The second-order valence-electron chi connectivity index (χ2n) is 8.74. The molecule has 2 aromatic heterocycles. The van der Waals surface area contributed by atoms with Gasteiger partial charge in [0, 0.05) is 37.7 Å². The van der Waals surface area contributed by atoms with E-state index in [0.717, 1.165) is 38.0 Å². The van der Waals surface area contributed by atoms with Crippen molar-refractivity contribution in [1.82, 2.24) is 24.9 Å². The number of carbonyl (C=O) groups excluding carboxylic acids is 1. The molecule has 154 valence electrons. The van der Waals surface area contributed by atoms with Gasteiger partial charge in [-0.1, -0.05) is 18.0 Å². The first-order chi connectivity index (χ1) is 14.1. The maximum Gasteiger partial charge on any atom is 0.263 e. The smallest absolute Gasteiger partial charge is 0.263 e. The minimum Gasteiger partial charge on any atom is -0.339 e. The van der Waals surface area contributed by atoms with Gasteiger partial charge in [-0.15, -0.1) is 0 Å². The molecule has 2 atom stereocenters. The Morgan fingerprint density at radius 2 is 2.10 bits per heavy atom. The number of nitrogens with one attached hydrogen (secondary N) is 1. The van der Waals surface area contributed by atoms with Crippen molar-refractivity contribution in [2.45, 2.75) is 57.0 Å². The Balaban J connectivity index is 1.34. The number of nitrogens with zero attached hydrogens (tertiary/aromatic N) is 4. The van der Waals surface area contributed by atoms with E-state index in [1.54, 1.807) is 13.1 Å². The molecule has 1 saturated carbocycles. The molecule has 2 aliphatic heterocycles. The van der Waals surface area contributed by atoms with Gasteiger partial charge in [-0.05, 0) is 43.9 Å². The van der Waals surface area contributed by atoms with Crippen molar-refractivity contribution in [3.63, 3.8) is 0 Å². The van der Waals surface area contributed by atoms with E-state index in [1.807, 2.05) is 10.6 Å². The Labute approximate surface area is 169 Å². The molecule has 8 nitrogen and oxygen atoms in total. The summed E-state index contributed by atoms with van der Waals surface area (Å²) in [5.74, 6) is 2.01. The van der Waals surface area contributed by atoms with Crippen LogP contribution in [0, 0.1) is 5.92 Å². The highest BCUT2D eigenvalue weighted by atomic mass is 16.5. The zero-order chi connectivity index (χ0) is 20.0. The first kappa shape index (κ1) is 18.5. The summed E-state index contributed by atoms with van der Waals surface area (Å²) in [6, 6.07) is 3.63. The lowest BCUT2D eigenvalue weighted by Gasteiger charge is -2.37. The Bertz CT molecular complexity index is 975. The molecule has 8 heteroatoms. The van der Waals surface area contributed by atoms with Crippen LogP contribution < -0.4 is 10.9 Å². The molecule has 1 amide bonds. The van der Waals surface area contributed by atoms with E-state index in [0.29, 0.717) is 36.0 Å². The minimum absolute atomic E-state index is 0.185. The number of piperidine rings is 1. The quantitative estimate of drug-likeness (QED) is 0.847. The zero-order valence-electron chi connectivity index (χ0n) is 16.8. The van der Waals surface area contributed by atoms with E-state index in [-0.39, 0.29) is 23.6 Å². The van der Waals surface area contributed by atoms with E-state index in [9.17, 15) is 9.59 Å². The lowest BCUT2D eigenvalue weighted by molar-refractivity contribution is 0.0777. The molecule has 2 fully saturated rings. The molecule has 0 aromatic carbocycles. The third-order valence-corrected chi connectivity index (χ3v) is 6.65. The van der Waals surface area contributed by atoms with Crippen molar-refractivity contribution in [2.24, 2.45) is 5.92 Å². The number of aromatic nitrogens is 3. The second kappa shape index (κ2) is 7.40. The molecular weight excluding hydrogens is 370 g/mol. The predicted octanol–water partition coefficient (Wildman–Crippen LogP) is 1.87. The van der Waals surface area contributed by atoms with Crippen LogP contribution in [0.3, 0.4) is 0 Å². The number of rotatable bonds is 4. The summed E-state index contributed by atoms with van der Waals surface area (Å²) in [6.45, 7) is 2.73. The SMILES string of the molecule is CN(Cc1noc(C2CCCC2)n1)C(=O)c1ccc2n(c1=O)C[C@@H]1CNC[C@H]2C1. The van der Waals surface area contributed by atoms with Gasteiger partial charge in [0.25, 0.3) is 11.5 Å². The number of hydrogen-bond acceptors (Lipinski definition) is 6. The number of pyridine rings is 1. The van der Waals surface area contributed by atoms with Crippen molar-refractivity contribution in [2.75, 3.05) is 20.1 Å². The summed E-state index contributed by atoms with van der Waals surface area (Å²) in [5, 5.41) is 7.48. The van der Waals surface area contributed by atoms with Gasteiger partial charge < -0.3 is 19.3 Å². The number of hydrogen-bond donors (Lipinski definition) is 1. The molecule has 5 rings (SSSR count). The fourth-order valence-corrected chi connectivity index (χ4v) is 5.11. The van der Waals surface area contributed by atoms with Gasteiger partial charge in [0.15, 0.2) is 5.82 Å². The lowest BCUT2D eigenvalue weighted by atomic mass is 9.84. The Morgan fingerprint density at radius 1 is 1.28 bits per heavy atom. The van der Waals surface area contributed by atoms with Gasteiger partial charge in [-0.3, -0.25) is 9.59 Å². The highest BCUT2D eigenvalue weighted by Gasteiger charge is 2.32. The molecule has 0 spiro atoms. The van der Waals surface area contributed by atoms with Gasteiger partial charge in [0.1, 0.15) is 5.56 Å². The molecule has 2 bridgehead atoms. The third-order valence-electron chi connectivity index (χ3n) is 6.65. The second-order valence-corrected chi connectivity index (χ2v) is 8.74. The van der Waals surface area contributed by atoms with Crippen molar-refractivity contribution in [1.29, 1.82) is 0 Å². The molecule has 0 radical (unpaired) electrons. The molecular formula is C21H27N5O3. The maximum atomic E-state index is 13.1. The average Bonchev–Trinajstić information content (AvgIpc) is 3.40. The first-order valence-electron chi connectivity index (χ1n) is 10.6. The lowest BCUT2D eigenvalue weighted by Crippen LogP contribution is -2.46. The number of amides is 1. The van der Waals surface area contributed by atoms with Crippen LogP contribution in [-0.2, 0) is 13.1 Å². The fraction of sp³-hybridized carbons (Fsp3) is 0.619. The maximum absolute atomic E-state index is 13.1. The molecule has 4 heterocycles. The molecule has 2 aromatic rings. The molecule has 3 aliphatic rings. The highest BCUT2D eigenvalue weighted by molar-refractivity contribution is 5.93. The van der Waals surface area contributed by atoms with Gasteiger partial charge in [-0.2, -0.15) is 4.98 Å².